The number of carbonyl (C=O) groups is 3. The number of anilines is 1. The van der Waals surface area contributed by atoms with Crippen molar-refractivity contribution in [3.05, 3.63) is 30.0 Å². The van der Waals surface area contributed by atoms with E-state index in [9.17, 15) is 14.4 Å². The van der Waals surface area contributed by atoms with Gasteiger partial charge in [0.2, 0.25) is 17.7 Å². The number of hydrogen-bond acceptors (Lipinski definition) is 3. The number of imide groups is 1. The SMILES string of the molecule is Cc1cc2cc(NC(=O)CN3C(=O)[C@@H]4CCCC[C@H]4C3=O)ccc2[nH]1. The summed E-state index contributed by atoms with van der Waals surface area (Å²) in [5.74, 6) is -1.13. The Bertz CT molecular complexity index is 846. The normalized spacial score (nSPS) is 23.2. The minimum absolute atomic E-state index is 0.179. The number of hydrogen-bond donors (Lipinski definition) is 2. The van der Waals surface area contributed by atoms with Crippen LogP contribution < -0.4 is 5.32 Å². The number of aromatic nitrogens is 1. The van der Waals surface area contributed by atoms with Gasteiger partial charge >= 0.3 is 0 Å². The molecule has 1 saturated carbocycles. The molecule has 1 aliphatic carbocycles. The lowest BCUT2D eigenvalue weighted by Crippen LogP contribution is -2.38. The molecule has 1 saturated heterocycles. The molecule has 0 spiro atoms. The number of fused-ring (bicyclic) bond motifs is 2. The van der Waals surface area contributed by atoms with Gasteiger partial charge in [-0.1, -0.05) is 12.8 Å². The van der Waals surface area contributed by atoms with Crippen LogP contribution in [0.4, 0.5) is 5.69 Å². The van der Waals surface area contributed by atoms with Gasteiger partial charge in [0.1, 0.15) is 6.54 Å². The summed E-state index contributed by atoms with van der Waals surface area (Å²) in [7, 11) is 0. The second-order valence-electron chi connectivity index (χ2n) is 7.06. The Morgan fingerprint density at radius 2 is 1.84 bits per heavy atom. The Labute approximate surface area is 145 Å². The summed E-state index contributed by atoms with van der Waals surface area (Å²) < 4.78 is 0. The van der Waals surface area contributed by atoms with Crippen LogP contribution in [0, 0.1) is 18.8 Å². The molecule has 130 valence electrons. The average molecular weight is 339 g/mol. The Morgan fingerprint density at radius 1 is 1.16 bits per heavy atom. The van der Waals surface area contributed by atoms with Gasteiger partial charge in [-0.05, 0) is 44.0 Å². The summed E-state index contributed by atoms with van der Waals surface area (Å²) >= 11 is 0. The van der Waals surface area contributed by atoms with E-state index in [4.69, 9.17) is 0 Å². The topological polar surface area (TPSA) is 82.3 Å². The van der Waals surface area contributed by atoms with Gasteiger partial charge in [-0.3, -0.25) is 19.3 Å². The van der Waals surface area contributed by atoms with E-state index in [1.54, 1.807) is 0 Å². The summed E-state index contributed by atoms with van der Waals surface area (Å²) in [6.45, 7) is 1.77. The lowest BCUT2D eigenvalue weighted by molar-refractivity contribution is -0.142. The number of rotatable bonds is 3. The molecular formula is C19H21N3O3. The fourth-order valence-corrected chi connectivity index (χ4v) is 4.09. The van der Waals surface area contributed by atoms with E-state index in [0.717, 1.165) is 47.2 Å². The van der Waals surface area contributed by atoms with Gasteiger partial charge in [0, 0.05) is 22.3 Å². The molecular weight excluding hydrogens is 318 g/mol. The lowest BCUT2D eigenvalue weighted by atomic mass is 9.81. The minimum Gasteiger partial charge on any atom is -0.359 e. The molecule has 25 heavy (non-hydrogen) atoms. The van der Waals surface area contributed by atoms with Crippen molar-refractivity contribution in [1.29, 1.82) is 0 Å². The number of nitrogens with one attached hydrogen (secondary N) is 2. The first-order valence-electron chi connectivity index (χ1n) is 8.77. The van der Waals surface area contributed by atoms with Crippen molar-refractivity contribution in [3.8, 4) is 0 Å². The number of H-pyrrole nitrogens is 1. The number of carbonyl (C=O) groups excluding carboxylic acids is 3. The van der Waals surface area contributed by atoms with Crippen LogP contribution in [-0.2, 0) is 14.4 Å². The first-order chi connectivity index (χ1) is 12.0. The highest BCUT2D eigenvalue weighted by atomic mass is 16.2. The number of benzene rings is 1. The Hall–Kier alpha value is -2.63. The highest BCUT2D eigenvalue weighted by molar-refractivity contribution is 6.08. The zero-order chi connectivity index (χ0) is 17.6. The molecule has 2 N–H and O–H groups in total. The van der Waals surface area contributed by atoms with Crippen LogP contribution in [0.1, 0.15) is 31.4 Å². The molecule has 4 rings (SSSR count). The van der Waals surface area contributed by atoms with Crippen molar-refractivity contribution in [2.45, 2.75) is 32.6 Å². The summed E-state index contributed by atoms with van der Waals surface area (Å²) in [6.07, 6.45) is 3.49. The molecule has 3 amide bonds. The predicted molar refractivity (Wildman–Crippen MR) is 93.8 cm³/mol. The highest BCUT2D eigenvalue weighted by Gasteiger charge is 2.48. The quantitative estimate of drug-likeness (QED) is 0.843. The smallest absolute Gasteiger partial charge is 0.244 e. The van der Waals surface area contributed by atoms with E-state index in [2.05, 4.69) is 10.3 Å². The molecule has 1 aliphatic heterocycles. The van der Waals surface area contributed by atoms with Crippen LogP contribution in [-0.4, -0.2) is 34.2 Å². The third kappa shape index (κ3) is 2.81. The molecule has 2 atom stereocenters. The standard InChI is InChI=1S/C19H21N3O3/c1-11-8-12-9-13(6-7-16(12)20-11)21-17(23)10-22-18(24)14-4-2-3-5-15(14)19(22)25/h6-9,14-15,20H,2-5,10H2,1H3,(H,21,23)/t14-,15-/m1/s1. The molecule has 2 heterocycles. The van der Waals surface area contributed by atoms with Crippen molar-refractivity contribution in [2.75, 3.05) is 11.9 Å². The Balaban J connectivity index is 1.46. The average Bonchev–Trinajstić information content (AvgIpc) is 3.07. The van der Waals surface area contributed by atoms with E-state index >= 15 is 0 Å². The minimum atomic E-state index is -0.341. The largest absolute Gasteiger partial charge is 0.359 e. The third-order valence-corrected chi connectivity index (χ3v) is 5.27. The molecule has 1 aromatic heterocycles. The van der Waals surface area contributed by atoms with E-state index in [1.807, 2.05) is 31.2 Å². The van der Waals surface area contributed by atoms with Crippen molar-refractivity contribution in [1.82, 2.24) is 9.88 Å². The van der Waals surface area contributed by atoms with Crippen molar-refractivity contribution in [2.24, 2.45) is 11.8 Å². The van der Waals surface area contributed by atoms with Gasteiger partial charge in [-0.15, -0.1) is 0 Å². The van der Waals surface area contributed by atoms with Crippen LogP contribution in [0.2, 0.25) is 0 Å². The van der Waals surface area contributed by atoms with Crippen LogP contribution >= 0.6 is 0 Å². The van der Waals surface area contributed by atoms with Crippen LogP contribution in [0.15, 0.2) is 24.3 Å². The Kier molecular flexibility index (Phi) is 3.82. The molecule has 2 fully saturated rings. The number of nitrogens with zero attached hydrogens (tertiary/aromatic N) is 1. The fourth-order valence-electron chi connectivity index (χ4n) is 4.09. The number of likely N-dealkylation sites (tertiary alicyclic amines) is 1. The molecule has 0 radical (unpaired) electrons. The molecule has 6 heteroatoms. The van der Waals surface area contributed by atoms with Gasteiger partial charge in [-0.25, -0.2) is 0 Å². The molecule has 0 bridgehead atoms. The first kappa shape index (κ1) is 15.9. The van der Waals surface area contributed by atoms with Gasteiger partial charge in [0.25, 0.3) is 0 Å². The lowest BCUT2D eigenvalue weighted by Gasteiger charge is -2.19. The van der Waals surface area contributed by atoms with Crippen LogP contribution in [0.5, 0.6) is 0 Å². The zero-order valence-corrected chi connectivity index (χ0v) is 14.2. The van der Waals surface area contributed by atoms with E-state index in [1.165, 1.54) is 0 Å². The number of aryl methyl sites for hydroxylation is 1. The monoisotopic (exact) mass is 339 g/mol. The summed E-state index contributed by atoms with van der Waals surface area (Å²) in [5.41, 5.74) is 2.71. The summed E-state index contributed by atoms with van der Waals surface area (Å²) in [4.78, 5) is 41.6. The van der Waals surface area contributed by atoms with Crippen molar-refractivity contribution in [3.63, 3.8) is 0 Å². The molecule has 1 aromatic carbocycles. The second kappa shape index (κ2) is 6.02. The predicted octanol–water partition coefficient (Wildman–Crippen LogP) is 2.59. The molecule has 2 aromatic rings. The maximum atomic E-state index is 12.4. The summed E-state index contributed by atoms with van der Waals surface area (Å²) in [5, 5.41) is 3.80. The molecule has 0 unspecified atom stereocenters. The first-order valence-corrected chi connectivity index (χ1v) is 8.77. The van der Waals surface area contributed by atoms with Gasteiger partial charge in [0.15, 0.2) is 0 Å². The van der Waals surface area contributed by atoms with E-state index in [0.29, 0.717) is 5.69 Å². The number of aromatic amines is 1. The van der Waals surface area contributed by atoms with Gasteiger partial charge in [0.05, 0.1) is 11.8 Å². The zero-order valence-electron chi connectivity index (χ0n) is 14.2. The van der Waals surface area contributed by atoms with Crippen LogP contribution in [0.25, 0.3) is 10.9 Å². The number of amides is 3. The van der Waals surface area contributed by atoms with E-state index in [-0.39, 0.29) is 36.1 Å². The van der Waals surface area contributed by atoms with Crippen LogP contribution in [0.3, 0.4) is 0 Å². The van der Waals surface area contributed by atoms with Crippen molar-refractivity contribution >= 4 is 34.3 Å². The highest BCUT2D eigenvalue weighted by Crippen LogP contribution is 2.37. The fraction of sp³-hybridized carbons (Fsp3) is 0.421. The maximum absolute atomic E-state index is 12.4. The van der Waals surface area contributed by atoms with Crippen molar-refractivity contribution < 1.29 is 14.4 Å². The van der Waals surface area contributed by atoms with E-state index < -0.39 is 0 Å². The van der Waals surface area contributed by atoms with Gasteiger partial charge in [-0.2, -0.15) is 0 Å². The third-order valence-electron chi connectivity index (χ3n) is 5.27. The summed E-state index contributed by atoms with van der Waals surface area (Å²) in [6, 6.07) is 7.59. The second-order valence-corrected chi connectivity index (χ2v) is 7.06. The maximum Gasteiger partial charge on any atom is 0.244 e. The molecule has 6 nitrogen and oxygen atoms in total. The van der Waals surface area contributed by atoms with Gasteiger partial charge < -0.3 is 10.3 Å². The Morgan fingerprint density at radius 3 is 2.52 bits per heavy atom. The molecule has 2 aliphatic rings.